The van der Waals surface area contributed by atoms with E-state index >= 15 is 0 Å². The molecule has 1 saturated carbocycles. The average Bonchev–Trinajstić information content (AvgIpc) is 2.09. The van der Waals surface area contributed by atoms with Crippen LogP contribution in [0.25, 0.3) is 0 Å². The summed E-state index contributed by atoms with van der Waals surface area (Å²) in [5.41, 5.74) is 1.25. The summed E-state index contributed by atoms with van der Waals surface area (Å²) in [4.78, 5) is 0. The van der Waals surface area contributed by atoms with Gasteiger partial charge >= 0.3 is 0 Å². The topological polar surface area (TPSA) is 40.5 Å². The number of aliphatic hydroxyl groups is 2. The van der Waals surface area contributed by atoms with Crippen LogP contribution in [0.5, 0.6) is 0 Å². The van der Waals surface area contributed by atoms with Gasteiger partial charge in [-0.3, -0.25) is 0 Å². The van der Waals surface area contributed by atoms with Gasteiger partial charge in [0, 0.05) is 5.41 Å². The molecule has 13 heavy (non-hydrogen) atoms. The summed E-state index contributed by atoms with van der Waals surface area (Å²) in [5.74, 6) is 0. The molecule has 0 aromatic carbocycles. The molecule has 0 aromatic heterocycles. The first kappa shape index (κ1) is 9.22. The maximum Gasteiger partial charge on any atom is 0.0724 e. The highest BCUT2D eigenvalue weighted by Gasteiger charge is 2.41. The van der Waals surface area contributed by atoms with Gasteiger partial charge in [-0.2, -0.15) is 0 Å². The van der Waals surface area contributed by atoms with Crippen LogP contribution in [0, 0.1) is 5.41 Å². The summed E-state index contributed by atoms with van der Waals surface area (Å²) in [6.45, 7) is 2.13. The fourth-order valence-corrected chi connectivity index (χ4v) is 2.67. The number of hydrogen-bond acceptors (Lipinski definition) is 2. The molecule has 0 unspecified atom stereocenters. The fraction of sp³-hybridized carbons (Fsp3) is 0.818. The van der Waals surface area contributed by atoms with Gasteiger partial charge in [-0.15, -0.1) is 0 Å². The molecule has 0 spiro atoms. The van der Waals surface area contributed by atoms with Crippen molar-refractivity contribution < 1.29 is 10.2 Å². The zero-order chi connectivity index (χ0) is 9.47. The standard InChI is InChI=1S/C11H18O2/c1-11-6-5-9(12)7-8(11)3-2-4-10(11)13/h7,9-10,12-13H,2-6H2,1H3/t9-,10+,11-/m1/s1. The first-order chi connectivity index (χ1) is 6.13. The third kappa shape index (κ3) is 1.42. The molecule has 2 nitrogen and oxygen atoms in total. The van der Waals surface area contributed by atoms with Crippen molar-refractivity contribution in [1.29, 1.82) is 0 Å². The predicted molar refractivity (Wildman–Crippen MR) is 51.3 cm³/mol. The maximum absolute atomic E-state index is 9.93. The van der Waals surface area contributed by atoms with Crippen LogP contribution in [0.4, 0.5) is 0 Å². The van der Waals surface area contributed by atoms with Gasteiger partial charge in [0.15, 0.2) is 0 Å². The van der Waals surface area contributed by atoms with Crippen LogP contribution in [0.3, 0.4) is 0 Å². The third-order valence-corrected chi connectivity index (χ3v) is 3.75. The zero-order valence-corrected chi connectivity index (χ0v) is 8.16. The van der Waals surface area contributed by atoms with Gasteiger partial charge in [0.05, 0.1) is 12.2 Å². The third-order valence-electron chi connectivity index (χ3n) is 3.75. The molecule has 1 fully saturated rings. The van der Waals surface area contributed by atoms with Crippen molar-refractivity contribution in [1.82, 2.24) is 0 Å². The Morgan fingerprint density at radius 1 is 1.38 bits per heavy atom. The van der Waals surface area contributed by atoms with Crippen LogP contribution in [0.1, 0.15) is 39.0 Å². The van der Waals surface area contributed by atoms with Crippen molar-refractivity contribution >= 4 is 0 Å². The quantitative estimate of drug-likeness (QED) is 0.559. The lowest BCUT2D eigenvalue weighted by Gasteiger charge is -2.44. The molecule has 74 valence electrons. The minimum Gasteiger partial charge on any atom is -0.392 e. The largest absolute Gasteiger partial charge is 0.392 e. The van der Waals surface area contributed by atoms with E-state index in [-0.39, 0.29) is 17.6 Å². The first-order valence-corrected chi connectivity index (χ1v) is 5.20. The summed E-state index contributed by atoms with van der Waals surface area (Å²) in [7, 11) is 0. The number of fused-ring (bicyclic) bond motifs is 1. The smallest absolute Gasteiger partial charge is 0.0724 e. The molecule has 0 heterocycles. The summed E-state index contributed by atoms with van der Waals surface area (Å²) < 4.78 is 0. The van der Waals surface area contributed by atoms with E-state index in [9.17, 15) is 10.2 Å². The number of rotatable bonds is 0. The minimum absolute atomic E-state index is 0.0303. The normalized spacial score (nSPS) is 45.3. The van der Waals surface area contributed by atoms with Crippen molar-refractivity contribution in [3.8, 4) is 0 Å². The molecule has 2 rings (SSSR count). The van der Waals surface area contributed by atoms with Crippen molar-refractivity contribution in [2.45, 2.75) is 51.2 Å². The van der Waals surface area contributed by atoms with Crippen LogP contribution in [0.15, 0.2) is 11.6 Å². The second-order valence-electron chi connectivity index (χ2n) is 4.62. The van der Waals surface area contributed by atoms with Crippen LogP contribution in [0.2, 0.25) is 0 Å². The summed E-state index contributed by atoms with van der Waals surface area (Å²) in [6, 6.07) is 0. The molecule has 0 radical (unpaired) electrons. The van der Waals surface area contributed by atoms with Gasteiger partial charge in [-0.05, 0) is 32.1 Å². The molecule has 2 N–H and O–H groups in total. The van der Waals surface area contributed by atoms with Crippen molar-refractivity contribution in [3.05, 3.63) is 11.6 Å². The zero-order valence-electron chi connectivity index (χ0n) is 8.16. The number of aliphatic hydroxyl groups excluding tert-OH is 2. The molecule has 2 aliphatic rings. The SMILES string of the molecule is C[C@@]12CC[C@@H](O)C=C1CCC[C@@H]2O. The fourth-order valence-electron chi connectivity index (χ4n) is 2.67. The lowest BCUT2D eigenvalue weighted by molar-refractivity contribution is 0.0145. The van der Waals surface area contributed by atoms with Crippen LogP contribution in [-0.4, -0.2) is 22.4 Å². The van der Waals surface area contributed by atoms with Crippen molar-refractivity contribution in [2.24, 2.45) is 5.41 Å². The molecule has 2 heteroatoms. The van der Waals surface area contributed by atoms with Crippen molar-refractivity contribution in [3.63, 3.8) is 0 Å². The molecular weight excluding hydrogens is 164 g/mol. The van der Waals surface area contributed by atoms with E-state index in [0.717, 1.165) is 32.1 Å². The van der Waals surface area contributed by atoms with E-state index in [0.29, 0.717) is 0 Å². The Kier molecular flexibility index (Phi) is 2.20. The maximum atomic E-state index is 9.93. The monoisotopic (exact) mass is 182 g/mol. The Balaban J connectivity index is 2.29. The highest BCUT2D eigenvalue weighted by atomic mass is 16.3. The molecule has 2 aliphatic carbocycles. The van der Waals surface area contributed by atoms with E-state index in [1.54, 1.807) is 0 Å². The Morgan fingerprint density at radius 3 is 2.92 bits per heavy atom. The highest BCUT2D eigenvalue weighted by Crippen LogP contribution is 2.47. The van der Waals surface area contributed by atoms with Gasteiger partial charge in [0.1, 0.15) is 0 Å². The molecule has 0 amide bonds. The van der Waals surface area contributed by atoms with Gasteiger partial charge in [0.2, 0.25) is 0 Å². The number of hydrogen-bond donors (Lipinski definition) is 2. The second kappa shape index (κ2) is 3.10. The Bertz CT molecular complexity index is 234. The van der Waals surface area contributed by atoms with Crippen molar-refractivity contribution in [2.75, 3.05) is 0 Å². The van der Waals surface area contributed by atoms with Gasteiger partial charge in [-0.25, -0.2) is 0 Å². The molecule has 0 aliphatic heterocycles. The Hall–Kier alpha value is -0.340. The molecule has 0 aromatic rings. The van der Waals surface area contributed by atoms with E-state index in [1.807, 2.05) is 6.08 Å². The van der Waals surface area contributed by atoms with Gasteiger partial charge < -0.3 is 10.2 Å². The summed E-state index contributed by atoms with van der Waals surface area (Å²) >= 11 is 0. The van der Waals surface area contributed by atoms with E-state index in [4.69, 9.17) is 0 Å². The minimum atomic E-state index is -0.270. The van der Waals surface area contributed by atoms with Crippen LogP contribution in [-0.2, 0) is 0 Å². The van der Waals surface area contributed by atoms with E-state index in [1.165, 1.54) is 5.57 Å². The van der Waals surface area contributed by atoms with E-state index in [2.05, 4.69) is 6.92 Å². The first-order valence-electron chi connectivity index (χ1n) is 5.20. The highest BCUT2D eigenvalue weighted by molar-refractivity contribution is 5.22. The molecular formula is C11H18O2. The lowest BCUT2D eigenvalue weighted by Crippen LogP contribution is -2.40. The summed E-state index contributed by atoms with van der Waals surface area (Å²) in [6.07, 6.45) is 6.28. The summed E-state index contributed by atoms with van der Waals surface area (Å²) in [5, 5.41) is 19.4. The average molecular weight is 182 g/mol. The van der Waals surface area contributed by atoms with Gasteiger partial charge in [0.25, 0.3) is 0 Å². The predicted octanol–water partition coefficient (Wildman–Crippen LogP) is 1.62. The molecule has 3 atom stereocenters. The second-order valence-corrected chi connectivity index (χ2v) is 4.62. The van der Waals surface area contributed by atoms with Crippen LogP contribution < -0.4 is 0 Å². The van der Waals surface area contributed by atoms with Gasteiger partial charge in [-0.1, -0.05) is 18.6 Å². The lowest BCUT2D eigenvalue weighted by atomic mass is 9.64. The Labute approximate surface area is 79.3 Å². The van der Waals surface area contributed by atoms with E-state index < -0.39 is 0 Å². The molecule has 0 saturated heterocycles. The Morgan fingerprint density at radius 2 is 2.15 bits per heavy atom. The molecule has 0 bridgehead atoms. The van der Waals surface area contributed by atoms with Crippen LogP contribution >= 0.6 is 0 Å².